The zero-order chi connectivity index (χ0) is 29.7. The molecule has 2 N–H and O–H groups in total. The normalized spacial score (nSPS) is 11.3. The van der Waals surface area contributed by atoms with Crippen LogP contribution in [0.15, 0.2) is 132 Å². The van der Waals surface area contributed by atoms with E-state index in [4.69, 9.17) is 4.74 Å². The lowest BCUT2D eigenvalue weighted by molar-refractivity contribution is -0.384. The average Bonchev–Trinajstić information content (AvgIpc) is 3.02. The second-order valence-corrected chi connectivity index (χ2v) is 8.60. The van der Waals surface area contributed by atoms with Gasteiger partial charge in [-0.3, -0.25) is 19.7 Å². The van der Waals surface area contributed by atoms with E-state index in [1.807, 2.05) is 30.3 Å². The third-order valence-corrected chi connectivity index (χ3v) is 5.69. The number of nitrogens with one attached hydrogen (secondary N) is 2. The SMILES string of the molecule is O=C(N/N=C/c1ccccc1OC(=O)c1ccc([N+](=O)[O-])cc1)/C(=C/C=C/c1ccccc1)NC(=O)c1ccccc1. The van der Waals surface area contributed by atoms with Crippen LogP contribution in [0.25, 0.3) is 6.08 Å². The van der Waals surface area contributed by atoms with Gasteiger partial charge in [0, 0.05) is 23.3 Å². The van der Waals surface area contributed by atoms with Gasteiger partial charge in [0.2, 0.25) is 0 Å². The highest BCUT2D eigenvalue weighted by Crippen LogP contribution is 2.19. The van der Waals surface area contributed by atoms with Gasteiger partial charge in [0.05, 0.1) is 16.7 Å². The minimum absolute atomic E-state index is 0.0499. The molecule has 0 atom stereocenters. The van der Waals surface area contributed by atoms with Gasteiger partial charge in [-0.2, -0.15) is 5.10 Å². The number of carbonyl (C=O) groups is 3. The minimum atomic E-state index is -0.728. The number of carbonyl (C=O) groups excluding carboxylic acids is 3. The van der Waals surface area contributed by atoms with Gasteiger partial charge in [0.15, 0.2) is 0 Å². The monoisotopic (exact) mass is 560 g/mol. The Labute approximate surface area is 240 Å². The number of allylic oxidation sites excluding steroid dienone is 2. The highest BCUT2D eigenvalue weighted by molar-refractivity contribution is 6.03. The number of hydrazone groups is 1. The van der Waals surface area contributed by atoms with Crippen LogP contribution in [0.4, 0.5) is 5.69 Å². The molecule has 0 bridgehead atoms. The van der Waals surface area contributed by atoms with E-state index in [0.29, 0.717) is 11.1 Å². The topological polar surface area (TPSA) is 140 Å². The van der Waals surface area contributed by atoms with Gasteiger partial charge in [-0.25, -0.2) is 10.2 Å². The fourth-order valence-corrected chi connectivity index (χ4v) is 3.56. The van der Waals surface area contributed by atoms with E-state index in [-0.39, 0.29) is 22.7 Å². The number of nitro groups is 1. The Bertz CT molecular complexity index is 1660. The molecule has 0 radical (unpaired) electrons. The molecule has 10 heteroatoms. The number of para-hydroxylation sites is 1. The van der Waals surface area contributed by atoms with Crippen LogP contribution in [0, 0.1) is 10.1 Å². The number of hydrogen-bond donors (Lipinski definition) is 2. The zero-order valence-electron chi connectivity index (χ0n) is 22.0. The summed E-state index contributed by atoms with van der Waals surface area (Å²) in [5.74, 6) is -1.74. The van der Waals surface area contributed by atoms with Crippen LogP contribution in [0.5, 0.6) is 5.75 Å². The first kappa shape index (κ1) is 28.8. The van der Waals surface area contributed by atoms with Crippen molar-refractivity contribution in [3.05, 3.63) is 159 Å². The Morgan fingerprint density at radius 3 is 2.12 bits per heavy atom. The fourth-order valence-electron chi connectivity index (χ4n) is 3.56. The summed E-state index contributed by atoms with van der Waals surface area (Å²) in [6.45, 7) is 0. The third kappa shape index (κ3) is 8.17. The summed E-state index contributed by atoms with van der Waals surface area (Å²) in [7, 11) is 0. The summed E-state index contributed by atoms with van der Waals surface area (Å²) in [4.78, 5) is 48.6. The van der Waals surface area contributed by atoms with Crippen molar-refractivity contribution in [2.24, 2.45) is 5.10 Å². The molecule has 0 saturated carbocycles. The number of hydrogen-bond acceptors (Lipinski definition) is 7. The molecule has 4 rings (SSSR count). The van der Waals surface area contributed by atoms with Gasteiger partial charge in [0.1, 0.15) is 11.4 Å². The van der Waals surface area contributed by atoms with Gasteiger partial charge in [-0.15, -0.1) is 0 Å². The Hall–Kier alpha value is -6.16. The molecule has 0 aromatic heterocycles. The molecule has 42 heavy (non-hydrogen) atoms. The molecule has 4 aromatic rings. The standard InChI is InChI=1S/C32H24N4O6/c37-30(24-13-5-2-6-14-24)34-28(16-9-12-23-10-3-1-4-11-23)31(38)35-33-22-26-15-7-8-17-29(26)42-32(39)25-18-20-27(21-19-25)36(40)41/h1-22H,(H,34,37)(H,35,38)/b12-9+,28-16-,33-22+. The van der Waals surface area contributed by atoms with Gasteiger partial charge in [-0.05, 0) is 48.0 Å². The summed E-state index contributed by atoms with van der Waals surface area (Å²) in [6.07, 6.45) is 6.15. The summed E-state index contributed by atoms with van der Waals surface area (Å²) < 4.78 is 5.44. The van der Waals surface area contributed by atoms with E-state index in [2.05, 4.69) is 15.8 Å². The highest BCUT2D eigenvalue weighted by Gasteiger charge is 2.15. The first-order chi connectivity index (χ1) is 20.4. The fraction of sp³-hybridized carbons (Fsp3) is 0. The molecule has 0 fully saturated rings. The quantitative estimate of drug-likeness (QED) is 0.0514. The second-order valence-electron chi connectivity index (χ2n) is 8.60. The Morgan fingerprint density at radius 2 is 1.43 bits per heavy atom. The first-order valence-corrected chi connectivity index (χ1v) is 12.6. The maximum absolute atomic E-state index is 13.0. The third-order valence-electron chi connectivity index (χ3n) is 5.69. The van der Waals surface area contributed by atoms with Gasteiger partial charge >= 0.3 is 5.97 Å². The Kier molecular flexibility index (Phi) is 9.81. The van der Waals surface area contributed by atoms with E-state index in [1.54, 1.807) is 60.7 Å². The van der Waals surface area contributed by atoms with Crippen molar-refractivity contribution in [3.63, 3.8) is 0 Å². The van der Waals surface area contributed by atoms with Crippen molar-refractivity contribution >= 4 is 35.8 Å². The van der Waals surface area contributed by atoms with E-state index >= 15 is 0 Å². The number of esters is 1. The molecule has 0 heterocycles. The lowest BCUT2D eigenvalue weighted by Crippen LogP contribution is -2.32. The smallest absolute Gasteiger partial charge is 0.343 e. The van der Waals surface area contributed by atoms with Crippen molar-refractivity contribution in [2.75, 3.05) is 0 Å². The molecule has 2 amide bonds. The number of ether oxygens (including phenoxy) is 1. The van der Waals surface area contributed by atoms with Crippen LogP contribution in [-0.4, -0.2) is 28.9 Å². The van der Waals surface area contributed by atoms with Crippen LogP contribution in [0.3, 0.4) is 0 Å². The number of nitro benzene ring substituents is 1. The number of benzene rings is 4. The van der Waals surface area contributed by atoms with E-state index in [0.717, 1.165) is 5.56 Å². The molecular formula is C32H24N4O6. The van der Waals surface area contributed by atoms with Crippen molar-refractivity contribution in [3.8, 4) is 5.75 Å². The van der Waals surface area contributed by atoms with Crippen molar-refractivity contribution in [1.82, 2.24) is 10.7 Å². The van der Waals surface area contributed by atoms with Crippen molar-refractivity contribution in [2.45, 2.75) is 0 Å². The van der Waals surface area contributed by atoms with Gasteiger partial charge in [-0.1, -0.05) is 72.8 Å². The minimum Gasteiger partial charge on any atom is -0.422 e. The summed E-state index contributed by atoms with van der Waals surface area (Å²) in [6, 6.07) is 29.4. The highest BCUT2D eigenvalue weighted by atomic mass is 16.6. The first-order valence-electron chi connectivity index (χ1n) is 12.6. The molecule has 208 valence electrons. The predicted molar refractivity (Wildman–Crippen MR) is 158 cm³/mol. The van der Waals surface area contributed by atoms with Crippen molar-refractivity contribution < 1.29 is 24.0 Å². The maximum Gasteiger partial charge on any atom is 0.343 e. The van der Waals surface area contributed by atoms with E-state index in [9.17, 15) is 24.5 Å². The summed E-state index contributed by atoms with van der Waals surface area (Å²) in [5.41, 5.74) is 3.94. The maximum atomic E-state index is 13.0. The van der Waals surface area contributed by atoms with Crippen LogP contribution in [0.2, 0.25) is 0 Å². The second kappa shape index (κ2) is 14.3. The number of rotatable bonds is 10. The van der Waals surface area contributed by atoms with Crippen LogP contribution in [0.1, 0.15) is 31.8 Å². The van der Waals surface area contributed by atoms with E-state index in [1.165, 1.54) is 42.6 Å². The molecule has 0 spiro atoms. The largest absolute Gasteiger partial charge is 0.422 e. The van der Waals surface area contributed by atoms with Crippen LogP contribution >= 0.6 is 0 Å². The molecule has 10 nitrogen and oxygen atoms in total. The number of non-ortho nitro benzene ring substituents is 1. The molecular weight excluding hydrogens is 536 g/mol. The van der Waals surface area contributed by atoms with Crippen LogP contribution < -0.4 is 15.5 Å². The predicted octanol–water partition coefficient (Wildman–Crippen LogP) is 5.29. The van der Waals surface area contributed by atoms with Crippen LogP contribution in [-0.2, 0) is 4.79 Å². The zero-order valence-corrected chi connectivity index (χ0v) is 22.0. The van der Waals surface area contributed by atoms with Gasteiger partial charge in [0.25, 0.3) is 17.5 Å². The summed E-state index contributed by atoms with van der Waals surface area (Å²) in [5, 5.41) is 17.4. The number of amides is 2. The lowest BCUT2D eigenvalue weighted by atomic mass is 10.2. The Balaban J connectivity index is 1.47. The Morgan fingerprint density at radius 1 is 0.786 bits per heavy atom. The molecule has 0 unspecified atom stereocenters. The molecule has 0 aliphatic heterocycles. The van der Waals surface area contributed by atoms with Gasteiger partial charge < -0.3 is 10.1 Å². The van der Waals surface area contributed by atoms with Crippen molar-refractivity contribution in [1.29, 1.82) is 0 Å². The lowest BCUT2D eigenvalue weighted by Gasteiger charge is -2.09. The molecule has 0 aliphatic carbocycles. The molecule has 4 aromatic carbocycles. The van der Waals surface area contributed by atoms with E-state index < -0.39 is 22.7 Å². The average molecular weight is 561 g/mol. The number of nitrogens with zero attached hydrogens (tertiary/aromatic N) is 2. The molecule has 0 saturated heterocycles. The molecule has 0 aliphatic rings. The summed E-state index contributed by atoms with van der Waals surface area (Å²) >= 11 is 0.